The van der Waals surface area contributed by atoms with Crippen LogP contribution < -0.4 is 10.1 Å². The van der Waals surface area contributed by atoms with Crippen LogP contribution in [0, 0.1) is 21.4 Å². The summed E-state index contributed by atoms with van der Waals surface area (Å²) in [4.78, 5) is 34.8. The number of nitro groups is 1. The number of amides is 1. The van der Waals surface area contributed by atoms with Gasteiger partial charge < -0.3 is 10.1 Å². The maximum absolute atomic E-state index is 12.4. The molecule has 33 heavy (non-hydrogen) atoms. The first kappa shape index (κ1) is 23.5. The van der Waals surface area contributed by atoms with Crippen LogP contribution in [0.5, 0.6) is 5.75 Å². The Kier molecular flexibility index (Phi) is 7.41. The van der Waals surface area contributed by atoms with Crippen molar-refractivity contribution in [3.63, 3.8) is 0 Å². The van der Waals surface area contributed by atoms with Crippen molar-refractivity contribution in [2.75, 3.05) is 5.32 Å². The molecule has 1 N–H and O–H groups in total. The largest absolute Gasteiger partial charge is 0.423 e. The molecule has 0 saturated heterocycles. The van der Waals surface area contributed by atoms with Gasteiger partial charge in [0.15, 0.2) is 0 Å². The van der Waals surface area contributed by atoms with Crippen LogP contribution in [0.4, 0.5) is 11.4 Å². The summed E-state index contributed by atoms with van der Waals surface area (Å²) in [6, 6.07) is 17.7. The van der Waals surface area contributed by atoms with Gasteiger partial charge in [-0.15, -0.1) is 0 Å². The van der Waals surface area contributed by atoms with Gasteiger partial charge in [0.1, 0.15) is 17.4 Å². The molecule has 0 aromatic heterocycles. The summed E-state index contributed by atoms with van der Waals surface area (Å²) in [5, 5.41) is 23.0. The predicted molar refractivity (Wildman–Crippen MR) is 123 cm³/mol. The molecule has 164 valence electrons. The number of non-ortho nitro benzene ring substituents is 1. The number of benzene rings is 3. The number of anilines is 1. The average molecular weight is 482 g/mol. The highest BCUT2D eigenvalue weighted by atomic mass is 35.5. The van der Waals surface area contributed by atoms with Gasteiger partial charge in [0.2, 0.25) is 0 Å². The molecule has 0 radical (unpaired) electrons. The van der Waals surface area contributed by atoms with Crippen LogP contribution in [0.1, 0.15) is 15.9 Å². The van der Waals surface area contributed by atoms with E-state index >= 15 is 0 Å². The van der Waals surface area contributed by atoms with E-state index in [0.717, 1.165) is 6.07 Å². The van der Waals surface area contributed by atoms with Crippen LogP contribution >= 0.6 is 23.2 Å². The van der Waals surface area contributed by atoms with E-state index in [-0.39, 0.29) is 27.7 Å². The molecular formula is C23H13Cl2N3O5. The van der Waals surface area contributed by atoms with Crippen molar-refractivity contribution in [2.24, 2.45) is 0 Å². The molecular weight excluding hydrogens is 469 g/mol. The third-order valence-corrected chi connectivity index (χ3v) is 4.82. The van der Waals surface area contributed by atoms with E-state index in [4.69, 9.17) is 27.9 Å². The number of hydrogen-bond acceptors (Lipinski definition) is 6. The molecule has 0 bridgehead atoms. The van der Waals surface area contributed by atoms with Crippen molar-refractivity contribution in [2.45, 2.75) is 0 Å². The molecule has 3 aromatic rings. The standard InChI is InChI=1S/C23H13Cl2N3O5/c24-17-5-3-15(4-6-17)23(30)33-19-8-1-14(2-9-19)11-16(13-26)22(29)27-21-10-7-18(28(31)32)12-20(21)25/h1-12H,(H,27,29)/b16-11+. The van der Waals surface area contributed by atoms with E-state index in [0.29, 0.717) is 16.1 Å². The minimum Gasteiger partial charge on any atom is -0.423 e. The van der Waals surface area contributed by atoms with Gasteiger partial charge >= 0.3 is 5.97 Å². The SMILES string of the molecule is N#C/C(=C\c1ccc(OC(=O)c2ccc(Cl)cc2)cc1)C(=O)Nc1ccc([N+](=O)[O-])cc1Cl. The number of rotatable bonds is 6. The Balaban J connectivity index is 1.70. The second kappa shape index (κ2) is 10.4. The molecule has 1 amide bonds. The maximum atomic E-state index is 12.4. The zero-order valence-corrected chi connectivity index (χ0v) is 18.1. The molecule has 0 aliphatic carbocycles. The van der Waals surface area contributed by atoms with Crippen LogP contribution in [-0.2, 0) is 4.79 Å². The number of nitrogens with zero attached hydrogens (tertiary/aromatic N) is 2. The molecule has 3 aromatic carbocycles. The van der Waals surface area contributed by atoms with Crippen molar-refractivity contribution in [1.82, 2.24) is 0 Å². The summed E-state index contributed by atoms with van der Waals surface area (Å²) >= 11 is 11.8. The molecule has 0 aliphatic heterocycles. The lowest BCUT2D eigenvalue weighted by Crippen LogP contribution is -2.13. The fourth-order valence-electron chi connectivity index (χ4n) is 2.61. The first-order valence-corrected chi connectivity index (χ1v) is 9.97. The van der Waals surface area contributed by atoms with Crippen LogP contribution in [0.2, 0.25) is 10.0 Å². The minimum atomic E-state index is -0.744. The molecule has 8 nitrogen and oxygen atoms in total. The highest BCUT2D eigenvalue weighted by Crippen LogP contribution is 2.27. The van der Waals surface area contributed by atoms with Crippen LogP contribution in [0.25, 0.3) is 6.08 Å². The zero-order valence-electron chi connectivity index (χ0n) is 16.6. The molecule has 0 atom stereocenters. The molecule has 3 rings (SSSR count). The van der Waals surface area contributed by atoms with Gasteiger partial charge in [-0.25, -0.2) is 4.79 Å². The molecule has 0 heterocycles. The smallest absolute Gasteiger partial charge is 0.343 e. The third-order valence-electron chi connectivity index (χ3n) is 4.26. The number of carbonyl (C=O) groups is 2. The Bertz CT molecular complexity index is 1300. The fraction of sp³-hybridized carbons (Fsp3) is 0. The van der Waals surface area contributed by atoms with Crippen molar-refractivity contribution >= 4 is 52.5 Å². The Morgan fingerprint density at radius 2 is 1.70 bits per heavy atom. The monoisotopic (exact) mass is 481 g/mol. The number of nitrogens with one attached hydrogen (secondary N) is 1. The lowest BCUT2D eigenvalue weighted by atomic mass is 10.1. The lowest BCUT2D eigenvalue weighted by molar-refractivity contribution is -0.384. The maximum Gasteiger partial charge on any atom is 0.343 e. The van der Waals surface area contributed by atoms with E-state index in [2.05, 4.69) is 5.32 Å². The van der Waals surface area contributed by atoms with Crippen molar-refractivity contribution in [3.8, 4) is 11.8 Å². The van der Waals surface area contributed by atoms with Gasteiger partial charge in [-0.05, 0) is 54.1 Å². The zero-order chi connectivity index (χ0) is 24.0. The normalized spacial score (nSPS) is 10.8. The van der Waals surface area contributed by atoms with Crippen molar-refractivity contribution in [1.29, 1.82) is 5.26 Å². The van der Waals surface area contributed by atoms with Gasteiger partial charge in [-0.1, -0.05) is 35.3 Å². The van der Waals surface area contributed by atoms with Gasteiger partial charge in [0.05, 0.1) is 21.2 Å². The molecule has 0 saturated carbocycles. The Hall–Kier alpha value is -4.19. The molecule has 0 fully saturated rings. The quantitative estimate of drug-likeness (QED) is 0.121. The molecule has 0 unspecified atom stereocenters. The van der Waals surface area contributed by atoms with Crippen LogP contribution in [0.3, 0.4) is 0 Å². The second-order valence-corrected chi connectivity index (χ2v) is 7.35. The van der Waals surface area contributed by atoms with E-state index in [1.165, 1.54) is 42.5 Å². The highest BCUT2D eigenvalue weighted by Gasteiger charge is 2.15. The number of carbonyl (C=O) groups excluding carboxylic acids is 2. The van der Waals surface area contributed by atoms with Gasteiger partial charge in [-0.3, -0.25) is 14.9 Å². The summed E-state index contributed by atoms with van der Waals surface area (Å²) in [7, 11) is 0. The average Bonchev–Trinajstić information content (AvgIpc) is 2.80. The van der Waals surface area contributed by atoms with E-state index < -0.39 is 16.8 Å². The number of nitro benzene ring substituents is 1. The lowest BCUT2D eigenvalue weighted by Gasteiger charge is -2.07. The van der Waals surface area contributed by atoms with Crippen LogP contribution in [-0.4, -0.2) is 16.8 Å². The number of hydrogen-bond donors (Lipinski definition) is 1. The Morgan fingerprint density at radius 1 is 1.03 bits per heavy atom. The summed E-state index contributed by atoms with van der Waals surface area (Å²) in [6.45, 7) is 0. The summed E-state index contributed by atoms with van der Waals surface area (Å²) < 4.78 is 5.28. The van der Waals surface area contributed by atoms with E-state index in [9.17, 15) is 25.0 Å². The number of ether oxygens (including phenoxy) is 1. The first-order chi connectivity index (χ1) is 15.8. The number of halogens is 2. The van der Waals surface area contributed by atoms with Gasteiger partial charge in [0, 0.05) is 17.2 Å². The van der Waals surface area contributed by atoms with Crippen molar-refractivity contribution in [3.05, 3.63) is 104 Å². The molecule has 10 heteroatoms. The summed E-state index contributed by atoms with van der Waals surface area (Å²) in [5.41, 5.74) is 0.499. The first-order valence-electron chi connectivity index (χ1n) is 9.21. The van der Waals surface area contributed by atoms with Crippen LogP contribution in [0.15, 0.2) is 72.3 Å². The Morgan fingerprint density at radius 3 is 2.27 bits per heavy atom. The number of nitriles is 1. The highest BCUT2D eigenvalue weighted by molar-refractivity contribution is 6.34. The Labute approximate surface area is 197 Å². The molecule has 0 spiro atoms. The van der Waals surface area contributed by atoms with E-state index in [1.54, 1.807) is 30.3 Å². The topological polar surface area (TPSA) is 122 Å². The van der Waals surface area contributed by atoms with E-state index in [1.807, 2.05) is 0 Å². The number of esters is 1. The third kappa shape index (κ3) is 6.17. The van der Waals surface area contributed by atoms with Gasteiger partial charge in [-0.2, -0.15) is 5.26 Å². The minimum absolute atomic E-state index is 0.0401. The predicted octanol–water partition coefficient (Wildman–Crippen LogP) is 5.67. The summed E-state index contributed by atoms with van der Waals surface area (Å²) in [6.07, 6.45) is 1.33. The second-order valence-electron chi connectivity index (χ2n) is 6.51. The van der Waals surface area contributed by atoms with Crippen molar-refractivity contribution < 1.29 is 19.2 Å². The summed E-state index contributed by atoms with van der Waals surface area (Å²) in [5.74, 6) is -1.04. The van der Waals surface area contributed by atoms with Gasteiger partial charge in [0.25, 0.3) is 11.6 Å². The molecule has 0 aliphatic rings. The fourth-order valence-corrected chi connectivity index (χ4v) is 2.96.